The van der Waals surface area contributed by atoms with Crippen molar-refractivity contribution in [3.05, 3.63) is 28.2 Å². The van der Waals surface area contributed by atoms with Crippen molar-refractivity contribution < 1.29 is 9.53 Å². The molecule has 1 aliphatic rings. The number of hydrogen-bond donors (Lipinski definition) is 1. The summed E-state index contributed by atoms with van der Waals surface area (Å²) in [7, 11) is 1.91. The number of cyclic esters (lactones) is 1. The lowest BCUT2D eigenvalue weighted by atomic mass is 10.1. The molecule has 1 saturated heterocycles. The Bertz CT molecular complexity index is 451. The average molecular weight is 313 g/mol. The van der Waals surface area contributed by atoms with Crippen LogP contribution in [0.5, 0.6) is 0 Å². The maximum Gasteiger partial charge on any atom is 0.414 e. The molecule has 1 atom stereocenters. The van der Waals surface area contributed by atoms with Gasteiger partial charge in [-0.25, -0.2) is 4.79 Å². The molecular formula is C13H17BrN2O2. The molecule has 0 spiro atoms. The Hall–Kier alpha value is -1.07. The second kappa shape index (κ2) is 5.71. The van der Waals surface area contributed by atoms with Crippen molar-refractivity contribution in [3.8, 4) is 0 Å². The monoisotopic (exact) mass is 312 g/mol. The van der Waals surface area contributed by atoms with E-state index in [4.69, 9.17) is 4.74 Å². The van der Waals surface area contributed by atoms with Crippen LogP contribution in [0, 0.1) is 12.8 Å². The van der Waals surface area contributed by atoms with Gasteiger partial charge < -0.3 is 10.1 Å². The number of aryl methyl sites for hydroxylation is 1. The van der Waals surface area contributed by atoms with Crippen LogP contribution in [0.4, 0.5) is 10.5 Å². The van der Waals surface area contributed by atoms with E-state index in [1.165, 1.54) is 0 Å². The number of carbonyl (C=O) groups excluding carboxylic acids is 1. The molecule has 0 aliphatic carbocycles. The summed E-state index contributed by atoms with van der Waals surface area (Å²) in [6.07, 6.45) is -0.266. The Morgan fingerprint density at radius 1 is 1.56 bits per heavy atom. The highest BCUT2D eigenvalue weighted by molar-refractivity contribution is 9.10. The van der Waals surface area contributed by atoms with E-state index in [0.29, 0.717) is 19.1 Å². The second-order valence-corrected chi connectivity index (χ2v) is 5.40. The number of nitrogens with one attached hydrogen (secondary N) is 1. The first-order chi connectivity index (χ1) is 8.61. The number of nitrogens with zero attached hydrogens (tertiary/aromatic N) is 1. The molecule has 18 heavy (non-hydrogen) atoms. The number of carbonyl (C=O) groups is 1. The summed E-state index contributed by atoms with van der Waals surface area (Å²) in [5.41, 5.74) is 2.02. The molecular weight excluding hydrogens is 296 g/mol. The minimum atomic E-state index is -0.266. The molecule has 1 aliphatic heterocycles. The van der Waals surface area contributed by atoms with Gasteiger partial charge in [0, 0.05) is 29.2 Å². The SMILES string of the molecule is CNCC1COC(=O)N(c2ccc(C)c(Br)c2)C1. The average Bonchev–Trinajstić information content (AvgIpc) is 2.35. The summed E-state index contributed by atoms with van der Waals surface area (Å²) in [5, 5.41) is 3.12. The Labute approximate surface area is 115 Å². The number of rotatable bonds is 3. The van der Waals surface area contributed by atoms with Crippen molar-refractivity contribution in [2.45, 2.75) is 6.92 Å². The molecule has 98 valence electrons. The van der Waals surface area contributed by atoms with Gasteiger partial charge in [0.15, 0.2) is 0 Å². The fraction of sp³-hybridized carbons (Fsp3) is 0.462. The largest absolute Gasteiger partial charge is 0.449 e. The normalized spacial score (nSPS) is 19.8. The van der Waals surface area contributed by atoms with Crippen LogP contribution in [0.2, 0.25) is 0 Å². The Kier molecular flexibility index (Phi) is 4.24. The molecule has 0 radical (unpaired) electrons. The summed E-state index contributed by atoms with van der Waals surface area (Å²) in [4.78, 5) is 13.5. The minimum Gasteiger partial charge on any atom is -0.449 e. The van der Waals surface area contributed by atoms with Gasteiger partial charge in [-0.1, -0.05) is 22.0 Å². The Morgan fingerprint density at radius 2 is 2.33 bits per heavy atom. The maximum absolute atomic E-state index is 11.8. The summed E-state index contributed by atoms with van der Waals surface area (Å²) >= 11 is 3.49. The number of benzene rings is 1. The number of hydrogen-bond acceptors (Lipinski definition) is 3. The molecule has 1 fully saturated rings. The standard InChI is InChI=1S/C13H17BrN2O2/c1-9-3-4-11(5-12(9)14)16-7-10(6-15-2)8-18-13(16)17/h3-5,10,15H,6-8H2,1-2H3. The molecule has 1 N–H and O–H groups in total. The molecule has 1 amide bonds. The Balaban J connectivity index is 2.18. The van der Waals surface area contributed by atoms with E-state index >= 15 is 0 Å². The van der Waals surface area contributed by atoms with Gasteiger partial charge in [-0.15, -0.1) is 0 Å². The van der Waals surface area contributed by atoms with Crippen LogP contribution >= 0.6 is 15.9 Å². The van der Waals surface area contributed by atoms with E-state index in [-0.39, 0.29) is 6.09 Å². The molecule has 4 nitrogen and oxygen atoms in total. The third kappa shape index (κ3) is 2.84. The van der Waals surface area contributed by atoms with Gasteiger partial charge in [-0.2, -0.15) is 0 Å². The molecule has 0 bridgehead atoms. The highest BCUT2D eigenvalue weighted by atomic mass is 79.9. The lowest BCUT2D eigenvalue weighted by Gasteiger charge is -2.32. The van der Waals surface area contributed by atoms with Crippen molar-refractivity contribution in [2.75, 3.05) is 31.6 Å². The fourth-order valence-corrected chi connectivity index (χ4v) is 2.39. The summed E-state index contributed by atoms with van der Waals surface area (Å²) in [6, 6.07) is 5.90. The predicted molar refractivity (Wildman–Crippen MR) is 75.0 cm³/mol. The molecule has 0 aromatic heterocycles. The number of anilines is 1. The minimum absolute atomic E-state index is 0.266. The Morgan fingerprint density at radius 3 is 3.00 bits per heavy atom. The van der Waals surface area contributed by atoms with E-state index in [1.807, 2.05) is 32.2 Å². The maximum atomic E-state index is 11.8. The molecule has 1 heterocycles. The van der Waals surface area contributed by atoms with E-state index in [0.717, 1.165) is 22.3 Å². The first-order valence-electron chi connectivity index (χ1n) is 5.97. The quantitative estimate of drug-likeness (QED) is 0.932. The molecule has 5 heteroatoms. The number of ether oxygens (including phenoxy) is 1. The van der Waals surface area contributed by atoms with E-state index in [2.05, 4.69) is 21.2 Å². The van der Waals surface area contributed by atoms with Gasteiger partial charge in [-0.05, 0) is 31.7 Å². The zero-order chi connectivity index (χ0) is 13.1. The van der Waals surface area contributed by atoms with Crippen molar-refractivity contribution in [2.24, 2.45) is 5.92 Å². The number of amides is 1. The third-order valence-electron chi connectivity index (χ3n) is 3.06. The van der Waals surface area contributed by atoms with Gasteiger partial charge in [0.25, 0.3) is 0 Å². The second-order valence-electron chi connectivity index (χ2n) is 4.54. The van der Waals surface area contributed by atoms with Crippen LogP contribution in [-0.4, -0.2) is 32.8 Å². The zero-order valence-electron chi connectivity index (χ0n) is 10.6. The van der Waals surface area contributed by atoms with Crippen molar-refractivity contribution >= 4 is 27.7 Å². The third-order valence-corrected chi connectivity index (χ3v) is 3.92. The highest BCUT2D eigenvalue weighted by Gasteiger charge is 2.28. The van der Waals surface area contributed by atoms with Crippen molar-refractivity contribution in [3.63, 3.8) is 0 Å². The molecule has 1 aromatic rings. The van der Waals surface area contributed by atoms with Crippen LogP contribution in [-0.2, 0) is 4.74 Å². The fourth-order valence-electron chi connectivity index (χ4n) is 2.03. The van der Waals surface area contributed by atoms with Crippen LogP contribution in [0.3, 0.4) is 0 Å². The first-order valence-corrected chi connectivity index (χ1v) is 6.76. The molecule has 1 aromatic carbocycles. The van der Waals surface area contributed by atoms with Gasteiger partial charge >= 0.3 is 6.09 Å². The lowest BCUT2D eigenvalue weighted by Crippen LogP contribution is -2.46. The van der Waals surface area contributed by atoms with Crippen LogP contribution < -0.4 is 10.2 Å². The molecule has 2 rings (SSSR count). The zero-order valence-corrected chi connectivity index (χ0v) is 12.2. The summed E-state index contributed by atoms with van der Waals surface area (Å²) in [5.74, 6) is 0.327. The van der Waals surface area contributed by atoms with Gasteiger partial charge in [0.1, 0.15) is 0 Å². The van der Waals surface area contributed by atoms with Crippen LogP contribution in [0.1, 0.15) is 5.56 Å². The smallest absolute Gasteiger partial charge is 0.414 e. The van der Waals surface area contributed by atoms with Crippen molar-refractivity contribution in [1.29, 1.82) is 0 Å². The number of halogens is 1. The highest BCUT2D eigenvalue weighted by Crippen LogP contribution is 2.26. The van der Waals surface area contributed by atoms with Crippen LogP contribution in [0.25, 0.3) is 0 Å². The van der Waals surface area contributed by atoms with Gasteiger partial charge in [0.2, 0.25) is 0 Å². The van der Waals surface area contributed by atoms with Crippen LogP contribution in [0.15, 0.2) is 22.7 Å². The van der Waals surface area contributed by atoms with E-state index < -0.39 is 0 Å². The predicted octanol–water partition coefficient (Wildman–Crippen LogP) is 2.55. The first kappa shape index (κ1) is 13.4. The lowest BCUT2D eigenvalue weighted by molar-refractivity contribution is 0.115. The van der Waals surface area contributed by atoms with Gasteiger partial charge in [0.05, 0.1) is 6.61 Å². The van der Waals surface area contributed by atoms with E-state index in [9.17, 15) is 4.79 Å². The van der Waals surface area contributed by atoms with Gasteiger partial charge in [-0.3, -0.25) is 4.90 Å². The molecule has 1 unspecified atom stereocenters. The molecule has 0 saturated carbocycles. The summed E-state index contributed by atoms with van der Waals surface area (Å²) in [6.45, 7) is 4.04. The topological polar surface area (TPSA) is 41.6 Å². The van der Waals surface area contributed by atoms with E-state index in [1.54, 1.807) is 4.90 Å². The summed E-state index contributed by atoms with van der Waals surface area (Å²) < 4.78 is 6.22. The van der Waals surface area contributed by atoms with Crippen molar-refractivity contribution in [1.82, 2.24) is 5.32 Å².